The molecular formula is C16H17O4P. The van der Waals surface area contributed by atoms with Crippen LogP contribution >= 0.6 is 9.24 Å². The van der Waals surface area contributed by atoms with Crippen LogP contribution in [-0.4, -0.2) is 26.2 Å². The fourth-order valence-corrected chi connectivity index (χ4v) is 1.73. The van der Waals surface area contributed by atoms with Crippen LogP contribution in [0.3, 0.4) is 0 Å². The molecule has 1 atom stereocenters. The molecular weight excluding hydrogens is 287 g/mol. The van der Waals surface area contributed by atoms with Crippen LogP contribution in [0.15, 0.2) is 54.6 Å². The monoisotopic (exact) mass is 304 g/mol. The van der Waals surface area contributed by atoms with Gasteiger partial charge in [0.15, 0.2) is 0 Å². The van der Waals surface area contributed by atoms with E-state index in [9.17, 15) is 9.59 Å². The Morgan fingerprint density at radius 1 is 0.762 bits per heavy atom. The van der Waals surface area contributed by atoms with Gasteiger partial charge in [-0.3, -0.25) is 0 Å². The lowest BCUT2D eigenvalue weighted by Gasteiger charge is -2.04. The lowest BCUT2D eigenvalue weighted by Crippen LogP contribution is -2.11. The maximum atomic E-state index is 11.2. The van der Waals surface area contributed by atoms with Gasteiger partial charge in [-0.05, 0) is 17.4 Å². The third-order valence-corrected chi connectivity index (χ3v) is 2.92. The molecule has 0 aliphatic heterocycles. The predicted molar refractivity (Wildman–Crippen MR) is 84.9 cm³/mol. The van der Waals surface area contributed by atoms with Crippen LogP contribution in [0.2, 0.25) is 0 Å². The van der Waals surface area contributed by atoms with E-state index in [0.717, 1.165) is 0 Å². The number of carbonyl (C=O) groups excluding carboxylic acids is 2. The second-order valence-corrected chi connectivity index (χ2v) is 4.61. The summed E-state index contributed by atoms with van der Waals surface area (Å²) in [5.41, 5.74) is 0.420. The second kappa shape index (κ2) is 8.88. The Bertz CT molecular complexity index is 561. The molecule has 0 fully saturated rings. The Morgan fingerprint density at radius 2 is 1.14 bits per heavy atom. The Labute approximate surface area is 126 Å². The molecule has 0 heterocycles. The van der Waals surface area contributed by atoms with Crippen molar-refractivity contribution in [1.82, 2.24) is 0 Å². The highest BCUT2D eigenvalue weighted by Crippen LogP contribution is 2.10. The Hall–Kier alpha value is -2.19. The van der Waals surface area contributed by atoms with E-state index in [2.05, 4.69) is 18.7 Å². The van der Waals surface area contributed by atoms with Crippen LogP contribution in [-0.2, 0) is 9.47 Å². The van der Waals surface area contributed by atoms with Crippen molar-refractivity contribution in [2.75, 3.05) is 14.2 Å². The summed E-state index contributed by atoms with van der Waals surface area (Å²) < 4.78 is 9.05. The van der Waals surface area contributed by atoms with Gasteiger partial charge >= 0.3 is 11.9 Å². The first kappa shape index (κ1) is 16.9. The number of hydrogen-bond donors (Lipinski definition) is 0. The molecule has 2 aromatic carbocycles. The van der Waals surface area contributed by atoms with Gasteiger partial charge in [-0.2, -0.15) is 0 Å². The van der Waals surface area contributed by atoms with Crippen molar-refractivity contribution in [3.63, 3.8) is 0 Å². The van der Waals surface area contributed by atoms with E-state index >= 15 is 0 Å². The van der Waals surface area contributed by atoms with Gasteiger partial charge in [0.25, 0.3) is 0 Å². The van der Waals surface area contributed by atoms with Gasteiger partial charge in [0.2, 0.25) is 0 Å². The summed E-state index contributed by atoms with van der Waals surface area (Å²) in [6.07, 6.45) is 0. The standard InChI is InChI=1S/C10H10O4.C6H7P/c1-13-9(11)7-5-3-4-6-8(7)10(12)14-2;7-6-4-2-1-3-5-6/h3-6H,1-2H3;1-5H,7H2. The quantitative estimate of drug-likeness (QED) is 0.632. The smallest absolute Gasteiger partial charge is 0.338 e. The van der Waals surface area contributed by atoms with Crippen LogP contribution in [0.4, 0.5) is 0 Å². The lowest BCUT2D eigenvalue weighted by molar-refractivity contribution is 0.0555. The zero-order valence-electron chi connectivity index (χ0n) is 11.9. The maximum absolute atomic E-state index is 11.2. The van der Waals surface area contributed by atoms with Gasteiger partial charge in [0, 0.05) is 0 Å². The molecule has 0 aromatic heterocycles. The molecule has 2 aromatic rings. The third-order valence-electron chi connectivity index (χ3n) is 2.54. The fourth-order valence-electron chi connectivity index (χ4n) is 1.51. The summed E-state index contributed by atoms with van der Waals surface area (Å²) in [7, 11) is 5.15. The third kappa shape index (κ3) is 5.36. The van der Waals surface area contributed by atoms with Gasteiger partial charge in [0.05, 0.1) is 25.3 Å². The van der Waals surface area contributed by atoms with Crippen LogP contribution in [0, 0.1) is 0 Å². The number of methoxy groups -OCH3 is 2. The maximum Gasteiger partial charge on any atom is 0.338 e. The molecule has 0 saturated carbocycles. The molecule has 2 rings (SSSR count). The molecule has 0 N–H and O–H groups in total. The summed E-state index contributed by atoms with van der Waals surface area (Å²) in [6.45, 7) is 0. The highest BCUT2D eigenvalue weighted by Gasteiger charge is 2.16. The van der Waals surface area contributed by atoms with Crippen molar-refractivity contribution in [2.24, 2.45) is 0 Å². The molecule has 0 aliphatic rings. The van der Waals surface area contributed by atoms with Gasteiger partial charge in [-0.15, -0.1) is 9.24 Å². The van der Waals surface area contributed by atoms with E-state index in [1.54, 1.807) is 12.1 Å². The summed E-state index contributed by atoms with van der Waals surface area (Å²) >= 11 is 0. The van der Waals surface area contributed by atoms with E-state index < -0.39 is 11.9 Å². The molecule has 0 saturated heterocycles. The SMILES string of the molecule is COC(=O)c1ccccc1C(=O)OC.Pc1ccccc1. The molecule has 1 unspecified atom stereocenters. The largest absolute Gasteiger partial charge is 0.465 e. The highest BCUT2D eigenvalue weighted by molar-refractivity contribution is 7.27. The number of benzene rings is 2. The first-order valence-corrected chi connectivity index (χ1v) is 6.74. The minimum atomic E-state index is -0.550. The zero-order chi connectivity index (χ0) is 15.7. The van der Waals surface area contributed by atoms with Crippen LogP contribution in [0.5, 0.6) is 0 Å². The average molecular weight is 304 g/mol. The van der Waals surface area contributed by atoms with Crippen molar-refractivity contribution in [3.05, 3.63) is 65.7 Å². The van der Waals surface area contributed by atoms with E-state index in [1.165, 1.54) is 31.7 Å². The lowest BCUT2D eigenvalue weighted by atomic mass is 10.1. The Morgan fingerprint density at radius 3 is 1.43 bits per heavy atom. The van der Waals surface area contributed by atoms with Gasteiger partial charge in [-0.1, -0.05) is 42.5 Å². The molecule has 0 radical (unpaired) electrons. The number of ether oxygens (including phenoxy) is 2. The first-order valence-electron chi connectivity index (χ1n) is 6.16. The molecule has 0 amide bonds. The van der Waals surface area contributed by atoms with E-state index in [0.29, 0.717) is 0 Å². The van der Waals surface area contributed by atoms with Crippen molar-refractivity contribution in [1.29, 1.82) is 0 Å². The number of carbonyl (C=O) groups is 2. The van der Waals surface area contributed by atoms with Crippen LogP contribution < -0.4 is 5.30 Å². The van der Waals surface area contributed by atoms with Crippen molar-refractivity contribution >= 4 is 26.5 Å². The second-order valence-electron chi connectivity index (χ2n) is 3.94. The van der Waals surface area contributed by atoms with E-state index in [-0.39, 0.29) is 11.1 Å². The molecule has 110 valence electrons. The Kier molecular flexibility index (Phi) is 7.13. The van der Waals surface area contributed by atoms with Gasteiger partial charge in [-0.25, -0.2) is 9.59 Å². The minimum absolute atomic E-state index is 0.210. The van der Waals surface area contributed by atoms with Crippen LogP contribution in [0.1, 0.15) is 20.7 Å². The topological polar surface area (TPSA) is 52.6 Å². The number of hydrogen-bond acceptors (Lipinski definition) is 4. The summed E-state index contributed by atoms with van der Waals surface area (Å²) in [5, 5.41) is 1.24. The minimum Gasteiger partial charge on any atom is -0.465 e. The molecule has 0 bridgehead atoms. The molecule has 0 spiro atoms. The van der Waals surface area contributed by atoms with E-state index in [1.807, 2.05) is 30.3 Å². The van der Waals surface area contributed by atoms with E-state index in [4.69, 9.17) is 0 Å². The highest BCUT2D eigenvalue weighted by atomic mass is 31.0. The zero-order valence-corrected chi connectivity index (χ0v) is 13.1. The normalized spacial score (nSPS) is 9.10. The van der Waals surface area contributed by atoms with Gasteiger partial charge in [0.1, 0.15) is 0 Å². The Balaban J connectivity index is 0.000000262. The summed E-state index contributed by atoms with van der Waals surface area (Å²) in [5.74, 6) is -1.10. The molecule has 21 heavy (non-hydrogen) atoms. The van der Waals surface area contributed by atoms with Crippen LogP contribution in [0.25, 0.3) is 0 Å². The molecule has 5 heteroatoms. The number of esters is 2. The molecule has 4 nitrogen and oxygen atoms in total. The predicted octanol–water partition coefficient (Wildman–Crippen LogP) is 2.45. The number of rotatable bonds is 2. The summed E-state index contributed by atoms with van der Waals surface area (Å²) in [6, 6.07) is 16.5. The van der Waals surface area contributed by atoms with Crippen molar-refractivity contribution < 1.29 is 19.1 Å². The first-order chi connectivity index (χ1) is 10.1. The fraction of sp³-hybridized carbons (Fsp3) is 0.125. The average Bonchev–Trinajstić information content (AvgIpc) is 2.54. The summed E-state index contributed by atoms with van der Waals surface area (Å²) in [4.78, 5) is 22.4. The van der Waals surface area contributed by atoms with Crippen molar-refractivity contribution in [2.45, 2.75) is 0 Å². The molecule has 0 aliphatic carbocycles. The van der Waals surface area contributed by atoms with Crippen molar-refractivity contribution in [3.8, 4) is 0 Å². The van der Waals surface area contributed by atoms with Gasteiger partial charge < -0.3 is 9.47 Å².